The number of hydrogen-bond acceptors (Lipinski definition) is 3. The third-order valence-corrected chi connectivity index (χ3v) is 7.14. The lowest BCUT2D eigenvalue weighted by Gasteiger charge is -2.51. The summed E-state index contributed by atoms with van der Waals surface area (Å²) in [4.78, 5) is 27.8. The topological polar surface area (TPSA) is 69.6 Å². The molecule has 0 unspecified atom stereocenters. The van der Waals surface area contributed by atoms with Crippen LogP contribution in [0.2, 0.25) is 5.02 Å². The predicted octanol–water partition coefficient (Wildman–Crippen LogP) is 4.70. The zero-order valence-electron chi connectivity index (χ0n) is 20.3. The lowest BCUT2D eigenvalue weighted by Crippen LogP contribution is -2.60. The number of amides is 2. The van der Waals surface area contributed by atoms with E-state index in [9.17, 15) is 19.1 Å². The molecule has 0 bridgehead atoms. The first-order valence-corrected chi connectivity index (χ1v) is 12.1. The molecule has 1 heterocycles. The van der Waals surface area contributed by atoms with Crippen molar-refractivity contribution in [2.24, 2.45) is 11.3 Å². The van der Waals surface area contributed by atoms with Crippen LogP contribution in [0.15, 0.2) is 48.5 Å². The van der Waals surface area contributed by atoms with Gasteiger partial charge in [-0.3, -0.25) is 9.59 Å². The average Bonchev–Trinajstić information content (AvgIpc) is 2.78. The van der Waals surface area contributed by atoms with Gasteiger partial charge in [-0.1, -0.05) is 63.6 Å². The molecular weight excluding hydrogens is 455 g/mol. The minimum absolute atomic E-state index is 0.0949. The number of nitrogens with zero attached hydrogens (tertiary/aromatic N) is 1. The van der Waals surface area contributed by atoms with E-state index >= 15 is 0 Å². The molecule has 7 heteroatoms. The van der Waals surface area contributed by atoms with Crippen molar-refractivity contribution >= 4 is 23.4 Å². The number of aliphatic hydroxyl groups is 1. The third-order valence-electron chi connectivity index (χ3n) is 6.89. The summed E-state index contributed by atoms with van der Waals surface area (Å²) < 4.78 is 13.1. The molecule has 5 nitrogen and oxygen atoms in total. The zero-order chi connectivity index (χ0) is 25.1. The summed E-state index contributed by atoms with van der Waals surface area (Å²) in [5, 5.41) is 15.1. The van der Waals surface area contributed by atoms with Crippen molar-refractivity contribution in [1.29, 1.82) is 0 Å². The number of carbonyl (C=O) groups is 2. The lowest BCUT2D eigenvalue weighted by molar-refractivity contribution is -0.156. The first-order chi connectivity index (χ1) is 15.9. The Bertz CT molecular complexity index is 1010. The quantitative estimate of drug-likeness (QED) is 0.593. The standard InChI is InChI=1S/C27H34ClFN2O3/c1-18(2)24(30-23(32)14-7-19-5-12-22(29)13-6-19)25(33)31-16-15-27(34,26(3,4)17-31)20-8-10-21(28)11-9-20/h5-6,8-13,18,24,34H,7,14-17H2,1-4H3,(H,30,32)/t24-,27+/m1/s1. The van der Waals surface area contributed by atoms with Gasteiger partial charge in [0.15, 0.2) is 0 Å². The molecule has 3 rings (SSSR count). The molecule has 2 aromatic carbocycles. The molecule has 1 aliphatic rings. The van der Waals surface area contributed by atoms with Crippen LogP contribution < -0.4 is 5.32 Å². The second kappa shape index (κ2) is 10.4. The number of nitrogens with one attached hydrogen (secondary N) is 1. The number of rotatable bonds is 7. The molecule has 0 aliphatic carbocycles. The van der Waals surface area contributed by atoms with Crippen LogP contribution in [0.3, 0.4) is 0 Å². The van der Waals surface area contributed by atoms with E-state index in [1.807, 2.05) is 39.8 Å². The molecule has 2 aromatic rings. The molecule has 0 aromatic heterocycles. The number of hydrogen-bond donors (Lipinski definition) is 2. The maximum atomic E-state index is 13.4. The molecule has 0 radical (unpaired) electrons. The fourth-order valence-corrected chi connectivity index (χ4v) is 4.76. The van der Waals surface area contributed by atoms with Crippen LogP contribution in [0, 0.1) is 17.2 Å². The monoisotopic (exact) mass is 488 g/mol. The van der Waals surface area contributed by atoms with Gasteiger partial charge in [-0.25, -0.2) is 4.39 Å². The molecule has 0 spiro atoms. The second-order valence-corrected chi connectivity index (χ2v) is 10.6. The normalized spacial score (nSPS) is 20.8. The highest BCUT2D eigenvalue weighted by molar-refractivity contribution is 6.30. The van der Waals surface area contributed by atoms with E-state index in [0.717, 1.165) is 11.1 Å². The van der Waals surface area contributed by atoms with Crippen LogP contribution in [0.5, 0.6) is 0 Å². The van der Waals surface area contributed by atoms with E-state index in [2.05, 4.69) is 5.32 Å². The van der Waals surface area contributed by atoms with Crippen molar-refractivity contribution in [3.05, 3.63) is 70.5 Å². The van der Waals surface area contributed by atoms with Crippen molar-refractivity contribution in [3.63, 3.8) is 0 Å². The Kier molecular flexibility index (Phi) is 8.04. The molecule has 184 valence electrons. The summed E-state index contributed by atoms with van der Waals surface area (Å²) >= 11 is 6.02. The molecule has 1 fully saturated rings. The van der Waals surface area contributed by atoms with Gasteiger partial charge in [0.25, 0.3) is 0 Å². The van der Waals surface area contributed by atoms with Crippen LogP contribution in [0.1, 0.15) is 51.7 Å². The van der Waals surface area contributed by atoms with E-state index in [-0.39, 0.29) is 30.0 Å². The van der Waals surface area contributed by atoms with Gasteiger partial charge >= 0.3 is 0 Å². The maximum absolute atomic E-state index is 13.4. The van der Waals surface area contributed by atoms with Gasteiger partial charge in [-0.05, 0) is 54.2 Å². The number of benzene rings is 2. The van der Waals surface area contributed by atoms with E-state index in [0.29, 0.717) is 31.0 Å². The number of likely N-dealkylation sites (tertiary alicyclic amines) is 1. The van der Waals surface area contributed by atoms with Gasteiger partial charge in [0.2, 0.25) is 11.8 Å². The van der Waals surface area contributed by atoms with Crippen LogP contribution >= 0.6 is 11.6 Å². The highest BCUT2D eigenvalue weighted by Gasteiger charge is 2.50. The average molecular weight is 489 g/mol. The zero-order valence-corrected chi connectivity index (χ0v) is 21.0. The molecule has 2 N–H and O–H groups in total. The van der Waals surface area contributed by atoms with Crippen molar-refractivity contribution in [2.75, 3.05) is 13.1 Å². The number of carbonyl (C=O) groups excluding carboxylic acids is 2. The molecule has 1 aliphatic heterocycles. The fourth-order valence-electron chi connectivity index (χ4n) is 4.64. The second-order valence-electron chi connectivity index (χ2n) is 10.2. The first kappa shape index (κ1) is 26.2. The highest BCUT2D eigenvalue weighted by Crippen LogP contribution is 2.46. The van der Waals surface area contributed by atoms with Crippen LogP contribution in [0.4, 0.5) is 4.39 Å². The molecular formula is C27H34ClFN2O3. The van der Waals surface area contributed by atoms with Crippen molar-refractivity contribution in [1.82, 2.24) is 10.2 Å². The summed E-state index contributed by atoms with van der Waals surface area (Å²) in [5.74, 6) is -0.768. The van der Waals surface area contributed by atoms with Crippen molar-refractivity contribution in [2.45, 2.75) is 58.6 Å². The molecule has 1 saturated heterocycles. The summed E-state index contributed by atoms with van der Waals surface area (Å²) in [6, 6.07) is 12.6. The first-order valence-electron chi connectivity index (χ1n) is 11.7. The van der Waals surface area contributed by atoms with E-state index in [4.69, 9.17) is 11.6 Å². The third kappa shape index (κ3) is 5.78. The highest BCUT2D eigenvalue weighted by atomic mass is 35.5. The number of piperidine rings is 1. The minimum Gasteiger partial charge on any atom is -0.384 e. The lowest BCUT2D eigenvalue weighted by atomic mass is 9.66. The van der Waals surface area contributed by atoms with Crippen molar-refractivity contribution in [3.8, 4) is 0 Å². The van der Waals surface area contributed by atoms with Gasteiger partial charge in [-0.2, -0.15) is 0 Å². The Balaban J connectivity index is 1.65. The van der Waals surface area contributed by atoms with E-state index in [1.165, 1.54) is 12.1 Å². The Labute approximate surface area is 206 Å². The Morgan fingerprint density at radius 1 is 1.12 bits per heavy atom. The summed E-state index contributed by atoms with van der Waals surface area (Å²) in [5.41, 5.74) is -0.0603. The van der Waals surface area contributed by atoms with Crippen LogP contribution in [-0.4, -0.2) is 41.0 Å². The van der Waals surface area contributed by atoms with Gasteiger partial charge in [-0.15, -0.1) is 0 Å². The minimum atomic E-state index is -1.10. The maximum Gasteiger partial charge on any atom is 0.245 e. The van der Waals surface area contributed by atoms with Crippen LogP contribution in [0.25, 0.3) is 0 Å². The number of halogens is 2. The van der Waals surface area contributed by atoms with Crippen molar-refractivity contribution < 1.29 is 19.1 Å². The predicted molar refractivity (Wildman–Crippen MR) is 132 cm³/mol. The summed E-state index contributed by atoms with van der Waals surface area (Å²) in [6.07, 6.45) is 1.07. The van der Waals surface area contributed by atoms with E-state index in [1.54, 1.807) is 29.2 Å². The largest absolute Gasteiger partial charge is 0.384 e. The Morgan fingerprint density at radius 2 is 1.74 bits per heavy atom. The fraction of sp³-hybridized carbons (Fsp3) is 0.481. The van der Waals surface area contributed by atoms with Gasteiger partial charge in [0.05, 0.1) is 5.60 Å². The molecule has 2 atom stereocenters. The Hall–Kier alpha value is -2.44. The summed E-state index contributed by atoms with van der Waals surface area (Å²) in [7, 11) is 0. The Morgan fingerprint density at radius 3 is 2.29 bits per heavy atom. The molecule has 34 heavy (non-hydrogen) atoms. The molecule has 0 saturated carbocycles. The molecule has 2 amide bonds. The van der Waals surface area contributed by atoms with Crippen LogP contribution in [-0.2, 0) is 21.6 Å². The smallest absolute Gasteiger partial charge is 0.245 e. The number of aryl methyl sites for hydroxylation is 1. The SMILES string of the molecule is CC(C)[C@@H](NC(=O)CCc1ccc(F)cc1)C(=O)N1CC[C@](O)(c2ccc(Cl)cc2)C(C)(C)C1. The summed E-state index contributed by atoms with van der Waals surface area (Å²) in [6.45, 7) is 8.46. The van der Waals surface area contributed by atoms with Gasteiger partial charge in [0.1, 0.15) is 11.9 Å². The van der Waals surface area contributed by atoms with E-state index < -0.39 is 17.1 Å². The van der Waals surface area contributed by atoms with Gasteiger partial charge < -0.3 is 15.3 Å². The van der Waals surface area contributed by atoms with Gasteiger partial charge in [0, 0.05) is 29.9 Å².